The van der Waals surface area contributed by atoms with Gasteiger partial charge in [0, 0.05) is 39.3 Å². The largest absolute Gasteiger partial charge is 0.348 e. The lowest BCUT2D eigenvalue weighted by molar-refractivity contribution is -0.135. The van der Waals surface area contributed by atoms with E-state index in [9.17, 15) is 9.59 Å². The van der Waals surface area contributed by atoms with E-state index in [1.54, 1.807) is 0 Å². The van der Waals surface area contributed by atoms with Gasteiger partial charge in [-0.3, -0.25) is 19.4 Å². The molecule has 2 saturated heterocycles. The van der Waals surface area contributed by atoms with E-state index < -0.39 is 0 Å². The van der Waals surface area contributed by atoms with Crippen molar-refractivity contribution in [1.82, 2.24) is 20.0 Å². The van der Waals surface area contributed by atoms with Gasteiger partial charge in [-0.2, -0.15) is 0 Å². The highest BCUT2D eigenvalue weighted by Crippen LogP contribution is 2.21. The first-order chi connectivity index (χ1) is 14.7. The van der Waals surface area contributed by atoms with Crippen LogP contribution in [0.1, 0.15) is 49.9 Å². The summed E-state index contributed by atoms with van der Waals surface area (Å²) in [4.78, 5) is 31.7. The Morgan fingerprint density at radius 3 is 2.13 bits per heavy atom. The number of carbonyl (C=O) groups is 2. The van der Waals surface area contributed by atoms with Crippen molar-refractivity contribution in [3.63, 3.8) is 0 Å². The predicted molar refractivity (Wildman–Crippen MR) is 125 cm³/mol. The van der Waals surface area contributed by atoms with Crippen LogP contribution in [0, 0.1) is 25.7 Å². The van der Waals surface area contributed by atoms with Crippen LogP contribution in [0.15, 0.2) is 18.2 Å². The summed E-state index contributed by atoms with van der Waals surface area (Å²) in [6.07, 6.45) is 1.21. The lowest BCUT2D eigenvalue weighted by Crippen LogP contribution is -2.53. The lowest BCUT2D eigenvalue weighted by atomic mass is 9.92. The number of piperidine rings is 1. The van der Waals surface area contributed by atoms with Crippen LogP contribution in [0.5, 0.6) is 0 Å². The first-order valence-electron chi connectivity index (χ1n) is 11.8. The Hall–Kier alpha value is -1.92. The zero-order valence-corrected chi connectivity index (χ0v) is 20.0. The molecule has 6 nitrogen and oxygen atoms in total. The molecule has 31 heavy (non-hydrogen) atoms. The summed E-state index contributed by atoms with van der Waals surface area (Å²) in [5.74, 6) is 1.50. The number of aryl methyl sites for hydroxylation is 2. The molecular weight excluding hydrogens is 388 g/mol. The zero-order valence-electron chi connectivity index (χ0n) is 20.0. The van der Waals surface area contributed by atoms with E-state index in [2.05, 4.69) is 61.0 Å². The van der Waals surface area contributed by atoms with Crippen molar-refractivity contribution in [3.05, 3.63) is 34.9 Å². The number of nitrogens with zero attached hydrogens (tertiary/aromatic N) is 3. The van der Waals surface area contributed by atoms with Crippen LogP contribution < -0.4 is 5.32 Å². The summed E-state index contributed by atoms with van der Waals surface area (Å²) in [7, 11) is 0. The van der Waals surface area contributed by atoms with Crippen LogP contribution in [0.3, 0.4) is 0 Å². The average molecular weight is 429 g/mol. The summed E-state index contributed by atoms with van der Waals surface area (Å²) >= 11 is 0. The minimum Gasteiger partial charge on any atom is -0.348 e. The Morgan fingerprint density at radius 2 is 1.55 bits per heavy atom. The zero-order chi connectivity index (χ0) is 22.5. The fourth-order valence-electron chi connectivity index (χ4n) is 4.87. The van der Waals surface area contributed by atoms with Gasteiger partial charge < -0.3 is 10.2 Å². The molecule has 2 amide bonds. The van der Waals surface area contributed by atoms with Crippen LogP contribution in [0.2, 0.25) is 0 Å². The third kappa shape index (κ3) is 6.78. The standard InChI is InChI=1S/C25H40N4O2/c1-18-12-19(2)15-29(14-18)25(31)17-28-10-8-27(9-11-28)16-24(30)26-22(5)23-7-6-20(3)21(4)13-23/h6-7,13,18-19,22H,8-12,14-17H2,1-5H3,(H,26,30)/t18-,19-,22-/m0/s1. The molecule has 0 saturated carbocycles. The monoisotopic (exact) mass is 428 g/mol. The maximum absolute atomic E-state index is 12.7. The van der Waals surface area contributed by atoms with Crippen LogP contribution in [0.4, 0.5) is 0 Å². The summed E-state index contributed by atoms with van der Waals surface area (Å²) in [5, 5.41) is 3.13. The Labute approximate surface area is 188 Å². The topological polar surface area (TPSA) is 55.9 Å². The van der Waals surface area contributed by atoms with Crippen molar-refractivity contribution in [2.45, 2.75) is 47.1 Å². The normalized spacial score (nSPS) is 24.1. The van der Waals surface area contributed by atoms with Crippen LogP contribution in [-0.4, -0.2) is 78.9 Å². The van der Waals surface area contributed by atoms with E-state index in [1.165, 1.54) is 17.5 Å². The molecule has 3 rings (SSSR count). The molecule has 3 atom stereocenters. The van der Waals surface area contributed by atoms with Gasteiger partial charge in [0.15, 0.2) is 0 Å². The van der Waals surface area contributed by atoms with E-state index >= 15 is 0 Å². The summed E-state index contributed by atoms with van der Waals surface area (Å²) in [6, 6.07) is 6.35. The molecule has 1 aromatic rings. The van der Waals surface area contributed by atoms with Gasteiger partial charge in [0.25, 0.3) is 0 Å². The van der Waals surface area contributed by atoms with Crippen LogP contribution in [-0.2, 0) is 9.59 Å². The third-order valence-corrected chi connectivity index (χ3v) is 6.82. The Morgan fingerprint density at radius 1 is 0.968 bits per heavy atom. The van der Waals surface area contributed by atoms with Gasteiger partial charge in [-0.1, -0.05) is 32.0 Å². The summed E-state index contributed by atoms with van der Waals surface area (Å²) in [6.45, 7) is 16.7. The smallest absolute Gasteiger partial charge is 0.236 e. The van der Waals surface area contributed by atoms with E-state index in [0.717, 1.165) is 44.8 Å². The van der Waals surface area contributed by atoms with E-state index in [-0.39, 0.29) is 17.9 Å². The first kappa shape index (κ1) is 23.7. The SMILES string of the molecule is Cc1ccc([C@H](C)NC(=O)CN2CCN(CC(=O)N3C[C@@H](C)C[C@H](C)C3)CC2)cc1C. The van der Waals surface area contributed by atoms with Crippen molar-refractivity contribution in [2.24, 2.45) is 11.8 Å². The van der Waals surface area contributed by atoms with E-state index in [0.29, 0.717) is 24.9 Å². The minimum absolute atomic E-state index is 0.0000339. The van der Waals surface area contributed by atoms with Crippen molar-refractivity contribution in [2.75, 3.05) is 52.4 Å². The highest BCUT2D eigenvalue weighted by molar-refractivity contribution is 5.79. The summed E-state index contributed by atoms with van der Waals surface area (Å²) < 4.78 is 0. The molecule has 2 heterocycles. The fourth-order valence-corrected chi connectivity index (χ4v) is 4.87. The number of rotatable bonds is 6. The second kappa shape index (κ2) is 10.6. The van der Waals surface area contributed by atoms with Crippen molar-refractivity contribution in [3.8, 4) is 0 Å². The number of hydrogen-bond acceptors (Lipinski definition) is 4. The second-order valence-corrected chi connectivity index (χ2v) is 9.93. The second-order valence-electron chi connectivity index (χ2n) is 9.93. The molecule has 2 aliphatic rings. The van der Waals surface area contributed by atoms with Crippen molar-refractivity contribution >= 4 is 11.8 Å². The molecule has 172 valence electrons. The number of carbonyl (C=O) groups excluding carboxylic acids is 2. The molecule has 2 fully saturated rings. The van der Waals surface area contributed by atoms with Gasteiger partial charge >= 0.3 is 0 Å². The Balaban J connectivity index is 1.39. The van der Waals surface area contributed by atoms with Gasteiger partial charge in [0.1, 0.15) is 0 Å². The minimum atomic E-state index is 0.0000339. The Kier molecular flexibility index (Phi) is 8.11. The average Bonchev–Trinajstić information content (AvgIpc) is 2.70. The molecule has 1 N–H and O–H groups in total. The molecule has 0 spiro atoms. The molecule has 1 aromatic carbocycles. The van der Waals surface area contributed by atoms with Crippen LogP contribution >= 0.6 is 0 Å². The lowest BCUT2D eigenvalue weighted by Gasteiger charge is -2.38. The molecular formula is C25H40N4O2. The highest BCUT2D eigenvalue weighted by atomic mass is 16.2. The Bertz CT molecular complexity index is 763. The molecule has 0 unspecified atom stereocenters. The molecule has 0 aromatic heterocycles. The third-order valence-electron chi connectivity index (χ3n) is 6.82. The van der Waals surface area contributed by atoms with Crippen molar-refractivity contribution in [1.29, 1.82) is 0 Å². The number of piperazine rings is 1. The van der Waals surface area contributed by atoms with Gasteiger partial charge in [0.05, 0.1) is 19.1 Å². The number of benzene rings is 1. The molecule has 6 heteroatoms. The molecule has 2 aliphatic heterocycles. The van der Waals surface area contributed by atoms with Crippen LogP contribution in [0.25, 0.3) is 0 Å². The van der Waals surface area contributed by atoms with Crippen molar-refractivity contribution < 1.29 is 9.59 Å². The fraction of sp³-hybridized carbons (Fsp3) is 0.680. The molecule has 0 aliphatic carbocycles. The van der Waals surface area contributed by atoms with Gasteiger partial charge in [-0.15, -0.1) is 0 Å². The van der Waals surface area contributed by atoms with Gasteiger partial charge in [0.2, 0.25) is 11.8 Å². The van der Waals surface area contributed by atoms with Gasteiger partial charge in [-0.05, 0) is 55.7 Å². The number of nitrogens with one attached hydrogen (secondary N) is 1. The highest BCUT2D eigenvalue weighted by Gasteiger charge is 2.28. The molecule has 0 bridgehead atoms. The quantitative estimate of drug-likeness (QED) is 0.757. The number of hydrogen-bond donors (Lipinski definition) is 1. The molecule has 0 radical (unpaired) electrons. The van der Waals surface area contributed by atoms with E-state index in [1.807, 2.05) is 11.8 Å². The van der Waals surface area contributed by atoms with E-state index in [4.69, 9.17) is 0 Å². The maximum atomic E-state index is 12.7. The first-order valence-corrected chi connectivity index (χ1v) is 11.8. The van der Waals surface area contributed by atoms with Gasteiger partial charge in [-0.25, -0.2) is 0 Å². The number of amides is 2. The number of likely N-dealkylation sites (tertiary alicyclic amines) is 1. The maximum Gasteiger partial charge on any atom is 0.236 e. The predicted octanol–water partition coefficient (Wildman–Crippen LogP) is 2.60. The summed E-state index contributed by atoms with van der Waals surface area (Å²) in [5.41, 5.74) is 3.65.